The minimum atomic E-state index is -0.473. The first-order chi connectivity index (χ1) is 17.1. The first kappa shape index (κ1) is 22.5. The van der Waals surface area contributed by atoms with E-state index in [1.165, 1.54) is 23.6 Å². The van der Waals surface area contributed by atoms with Crippen molar-refractivity contribution in [1.82, 2.24) is 15.2 Å². The zero-order valence-electron chi connectivity index (χ0n) is 19.5. The van der Waals surface area contributed by atoms with Crippen molar-refractivity contribution < 1.29 is 13.9 Å². The van der Waals surface area contributed by atoms with Gasteiger partial charge < -0.3 is 15.0 Å². The Bertz CT molecular complexity index is 1350. The lowest BCUT2D eigenvalue weighted by atomic mass is 9.79. The number of H-pyrrole nitrogens is 1. The standard InChI is InChI=1S/C28H28FN3O2S/c1-34-28(33)26-15-21-19-8-3-5-11-23(19)31-27(21)25-14-17(30-16-18-7-6-12-35-18)13-24(32(25)26)20-9-2-4-10-22(20)29/h2-12,17,24-26,30-31H,13-16H2,1H3/t17-,24+,25-,26+/m1/s1. The highest BCUT2D eigenvalue weighted by Gasteiger charge is 2.48. The summed E-state index contributed by atoms with van der Waals surface area (Å²) < 4.78 is 20.5. The summed E-state index contributed by atoms with van der Waals surface area (Å²) in [5, 5.41) is 6.96. The molecule has 35 heavy (non-hydrogen) atoms. The Labute approximate surface area is 207 Å². The molecule has 0 spiro atoms. The number of para-hydroxylation sites is 1. The van der Waals surface area contributed by atoms with Gasteiger partial charge in [-0.2, -0.15) is 0 Å². The summed E-state index contributed by atoms with van der Waals surface area (Å²) >= 11 is 1.73. The second-order valence-electron chi connectivity index (χ2n) is 9.43. The summed E-state index contributed by atoms with van der Waals surface area (Å²) in [6, 6.07) is 18.8. The third kappa shape index (κ3) is 3.97. The van der Waals surface area contributed by atoms with Crippen LogP contribution < -0.4 is 5.32 Å². The van der Waals surface area contributed by atoms with Crippen LogP contribution in [0.1, 0.15) is 46.6 Å². The highest BCUT2D eigenvalue weighted by Crippen LogP contribution is 2.49. The second kappa shape index (κ2) is 9.22. The number of nitrogens with one attached hydrogen (secondary N) is 2. The molecule has 6 rings (SSSR count). The van der Waals surface area contributed by atoms with Gasteiger partial charge >= 0.3 is 5.97 Å². The number of piperidine rings is 1. The molecule has 2 N–H and O–H groups in total. The summed E-state index contributed by atoms with van der Waals surface area (Å²) in [5.41, 5.74) is 4.01. The SMILES string of the molecule is COC(=O)[C@@H]1Cc2c([nH]c3ccccc23)[C@H]2C[C@H](NCc3cccs3)C[C@@H](c3ccccc3F)N21. The molecule has 2 aromatic carbocycles. The summed E-state index contributed by atoms with van der Waals surface area (Å²) in [7, 11) is 1.44. The lowest BCUT2D eigenvalue weighted by molar-refractivity contribution is -0.152. The molecule has 180 valence electrons. The number of aromatic amines is 1. The predicted octanol–water partition coefficient (Wildman–Crippen LogP) is 5.50. The smallest absolute Gasteiger partial charge is 0.323 e. The maximum Gasteiger partial charge on any atom is 0.323 e. The van der Waals surface area contributed by atoms with E-state index in [0.29, 0.717) is 18.4 Å². The quantitative estimate of drug-likeness (QED) is 0.364. The number of aromatic nitrogens is 1. The fraction of sp³-hybridized carbons (Fsp3) is 0.321. The molecule has 7 heteroatoms. The van der Waals surface area contributed by atoms with Gasteiger partial charge in [-0.1, -0.05) is 42.5 Å². The highest BCUT2D eigenvalue weighted by molar-refractivity contribution is 7.09. The molecule has 2 aromatic heterocycles. The fourth-order valence-electron chi connectivity index (χ4n) is 6.02. The zero-order valence-corrected chi connectivity index (χ0v) is 20.4. The van der Waals surface area contributed by atoms with Gasteiger partial charge in [0.2, 0.25) is 0 Å². The molecule has 0 unspecified atom stereocenters. The molecule has 0 radical (unpaired) electrons. The van der Waals surface area contributed by atoms with Crippen molar-refractivity contribution in [3.63, 3.8) is 0 Å². The Balaban J connectivity index is 1.46. The number of carbonyl (C=O) groups is 1. The Morgan fingerprint density at radius 1 is 1.11 bits per heavy atom. The van der Waals surface area contributed by atoms with E-state index in [9.17, 15) is 4.79 Å². The molecule has 0 bridgehead atoms. The molecule has 0 saturated carbocycles. The number of halogens is 1. The number of benzene rings is 2. The van der Waals surface area contributed by atoms with E-state index in [-0.39, 0.29) is 29.9 Å². The van der Waals surface area contributed by atoms with Crippen molar-refractivity contribution >= 4 is 28.2 Å². The molecule has 1 saturated heterocycles. The average Bonchev–Trinajstić information content (AvgIpc) is 3.54. The topological polar surface area (TPSA) is 57.4 Å². The molecule has 2 aliphatic rings. The van der Waals surface area contributed by atoms with Crippen molar-refractivity contribution in [2.24, 2.45) is 0 Å². The predicted molar refractivity (Wildman–Crippen MR) is 136 cm³/mol. The minimum Gasteiger partial charge on any atom is -0.468 e. The van der Waals surface area contributed by atoms with E-state index >= 15 is 4.39 Å². The second-order valence-corrected chi connectivity index (χ2v) is 10.5. The van der Waals surface area contributed by atoms with Gasteiger partial charge in [-0.05, 0) is 42.0 Å². The van der Waals surface area contributed by atoms with E-state index in [0.717, 1.165) is 29.6 Å². The van der Waals surface area contributed by atoms with Crippen molar-refractivity contribution in [2.75, 3.05) is 7.11 Å². The number of rotatable bonds is 5. The lowest BCUT2D eigenvalue weighted by Gasteiger charge is -2.50. The van der Waals surface area contributed by atoms with Crippen LogP contribution in [-0.4, -0.2) is 35.0 Å². The van der Waals surface area contributed by atoms with Gasteiger partial charge in [0.1, 0.15) is 11.9 Å². The molecule has 0 amide bonds. The molecule has 4 atom stereocenters. The van der Waals surface area contributed by atoms with Crippen molar-refractivity contribution in [3.8, 4) is 0 Å². The Hall–Kier alpha value is -3.00. The first-order valence-electron chi connectivity index (χ1n) is 12.1. The Kier molecular flexibility index (Phi) is 5.92. The van der Waals surface area contributed by atoms with Gasteiger partial charge in [0.05, 0.1) is 13.2 Å². The lowest BCUT2D eigenvalue weighted by Crippen LogP contribution is -2.55. The van der Waals surface area contributed by atoms with Crippen molar-refractivity contribution in [2.45, 2.75) is 50.0 Å². The molecule has 0 aliphatic carbocycles. The minimum absolute atomic E-state index is 0.0607. The summed E-state index contributed by atoms with van der Waals surface area (Å²) in [4.78, 5) is 20.3. The number of carbonyl (C=O) groups excluding carboxylic acids is 1. The van der Waals surface area contributed by atoms with Gasteiger partial charge in [-0.25, -0.2) is 4.39 Å². The van der Waals surface area contributed by atoms with Gasteiger partial charge in [0, 0.05) is 52.1 Å². The number of ether oxygens (including phenoxy) is 1. The molecule has 1 fully saturated rings. The Morgan fingerprint density at radius 2 is 1.91 bits per heavy atom. The molecule has 5 nitrogen and oxygen atoms in total. The third-order valence-electron chi connectivity index (χ3n) is 7.56. The van der Waals surface area contributed by atoms with E-state index in [1.54, 1.807) is 17.4 Å². The van der Waals surface area contributed by atoms with E-state index in [2.05, 4.69) is 44.8 Å². The molecule has 2 aliphatic heterocycles. The van der Waals surface area contributed by atoms with E-state index in [4.69, 9.17) is 4.74 Å². The summed E-state index contributed by atoms with van der Waals surface area (Å²) in [6.45, 7) is 0.777. The van der Waals surface area contributed by atoms with Gasteiger partial charge in [-0.15, -0.1) is 11.3 Å². The number of fused-ring (bicyclic) bond motifs is 5. The van der Waals surface area contributed by atoms with Crippen LogP contribution in [0.4, 0.5) is 4.39 Å². The fourth-order valence-corrected chi connectivity index (χ4v) is 6.68. The largest absolute Gasteiger partial charge is 0.468 e. The number of hydrogen-bond donors (Lipinski definition) is 2. The van der Waals surface area contributed by atoms with Crippen molar-refractivity contribution in [3.05, 3.63) is 93.6 Å². The normalized spacial score (nSPS) is 24.2. The van der Waals surface area contributed by atoms with Crippen LogP contribution in [0.2, 0.25) is 0 Å². The number of nitrogens with zero attached hydrogens (tertiary/aromatic N) is 1. The number of esters is 1. The van der Waals surface area contributed by atoms with E-state index < -0.39 is 6.04 Å². The first-order valence-corrected chi connectivity index (χ1v) is 13.0. The third-order valence-corrected chi connectivity index (χ3v) is 8.43. The maximum atomic E-state index is 15.2. The van der Waals surface area contributed by atoms with E-state index in [1.807, 2.05) is 24.3 Å². The van der Waals surface area contributed by atoms with Crippen LogP contribution in [0.5, 0.6) is 0 Å². The maximum absolute atomic E-state index is 15.2. The number of thiophene rings is 1. The molecular formula is C28H28FN3O2S. The molecule has 4 aromatic rings. The highest BCUT2D eigenvalue weighted by atomic mass is 32.1. The number of methoxy groups -OCH3 is 1. The van der Waals surface area contributed by atoms with Gasteiger partial charge in [-0.3, -0.25) is 9.69 Å². The van der Waals surface area contributed by atoms with Crippen LogP contribution >= 0.6 is 11.3 Å². The Morgan fingerprint density at radius 3 is 2.71 bits per heavy atom. The van der Waals surface area contributed by atoms with Crippen LogP contribution in [0.3, 0.4) is 0 Å². The zero-order chi connectivity index (χ0) is 23.9. The summed E-state index contributed by atoms with van der Waals surface area (Å²) in [5.74, 6) is -0.501. The van der Waals surface area contributed by atoms with Crippen LogP contribution in [0.15, 0.2) is 66.0 Å². The van der Waals surface area contributed by atoms with Crippen LogP contribution in [-0.2, 0) is 22.5 Å². The monoisotopic (exact) mass is 489 g/mol. The number of hydrogen-bond acceptors (Lipinski definition) is 5. The molecular weight excluding hydrogens is 461 g/mol. The summed E-state index contributed by atoms with van der Waals surface area (Å²) in [6.07, 6.45) is 2.08. The average molecular weight is 490 g/mol. The van der Waals surface area contributed by atoms with Gasteiger partial charge in [0.15, 0.2) is 0 Å². The molecule has 4 heterocycles. The van der Waals surface area contributed by atoms with Gasteiger partial charge in [0.25, 0.3) is 0 Å². The van der Waals surface area contributed by atoms with Crippen LogP contribution in [0.25, 0.3) is 10.9 Å². The van der Waals surface area contributed by atoms with Crippen molar-refractivity contribution in [1.29, 1.82) is 0 Å². The van der Waals surface area contributed by atoms with Crippen LogP contribution in [0, 0.1) is 5.82 Å².